The highest BCUT2D eigenvalue weighted by Gasteiger charge is 2.11. The molecule has 0 amide bonds. The summed E-state index contributed by atoms with van der Waals surface area (Å²) in [6.07, 6.45) is 0. The Balaban J connectivity index is 1.76. The van der Waals surface area contributed by atoms with E-state index in [9.17, 15) is 0 Å². The molecule has 0 saturated heterocycles. The molecule has 0 aliphatic heterocycles. The lowest BCUT2D eigenvalue weighted by atomic mass is 10.2. The molecule has 4 rings (SSSR count). The van der Waals surface area contributed by atoms with Gasteiger partial charge in [0, 0.05) is 17.3 Å². The van der Waals surface area contributed by atoms with Crippen LogP contribution in [-0.4, -0.2) is 26.7 Å². The molecule has 3 N–H and O–H groups in total. The molecule has 0 spiro atoms. The maximum absolute atomic E-state index is 5.85. The van der Waals surface area contributed by atoms with Gasteiger partial charge in [-0.1, -0.05) is 30.3 Å². The number of nitrogens with two attached hydrogens (primary N) is 1. The molecule has 0 atom stereocenters. The van der Waals surface area contributed by atoms with Crippen LogP contribution in [0.25, 0.3) is 16.9 Å². The van der Waals surface area contributed by atoms with Crippen LogP contribution in [0, 0.1) is 0 Å². The minimum atomic E-state index is 0.183. The zero-order chi connectivity index (χ0) is 17.2. The smallest absolute Gasteiger partial charge is 0.233 e. The van der Waals surface area contributed by atoms with E-state index in [0.717, 1.165) is 22.7 Å². The van der Waals surface area contributed by atoms with E-state index in [2.05, 4.69) is 20.4 Å². The van der Waals surface area contributed by atoms with E-state index in [0.29, 0.717) is 11.6 Å². The quantitative estimate of drug-likeness (QED) is 0.597. The maximum atomic E-state index is 5.85. The SMILES string of the molecule is COc1ccc(Nc2nc(N)nc3cc(-c4ccccc4)nn23)cc1. The van der Waals surface area contributed by atoms with Crippen molar-refractivity contribution in [2.24, 2.45) is 0 Å². The summed E-state index contributed by atoms with van der Waals surface area (Å²) in [6.45, 7) is 0. The number of rotatable bonds is 4. The van der Waals surface area contributed by atoms with Gasteiger partial charge in [-0.15, -0.1) is 0 Å². The Morgan fingerprint density at radius 3 is 2.48 bits per heavy atom. The molecule has 0 bridgehead atoms. The summed E-state index contributed by atoms with van der Waals surface area (Å²) in [5, 5.41) is 7.82. The number of aromatic nitrogens is 4. The molecule has 4 aromatic rings. The van der Waals surface area contributed by atoms with Crippen LogP contribution in [0.15, 0.2) is 60.7 Å². The zero-order valence-corrected chi connectivity index (χ0v) is 13.5. The van der Waals surface area contributed by atoms with Crippen LogP contribution in [0.5, 0.6) is 5.75 Å². The monoisotopic (exact) mass is 332 g/mol. The van der Waals surface area contributed by atoms with Gasteiger partial charge in [0.1, 0.15) is 5.75 Å². The first-order valence-electron chi connectivity index (χ1n) is 7.73. The molecule has 0 unspecified atom stereocenters. The Labute approximate surface area is 144 Å². The second kappa shape index (κ2) is 6.12. The lowest BCUT2D eigenvalue weighted by molar-refractivity contribution is 0.415. The number of nitrogen functional groups attached to an aromatic ring is 1. The molecular weight excluding hydrogens is 316 g/mol. The fourth-order valence-corrected chi connectivity index (χ4v) is 2.54. The minimum Gasteiger partial charge on any atom is -0.497 e. The molecule has 124 valence electrons. The van der Waals surface area contributed by atoms with E-state index in [4.69, 9.17) is 10.5 Å². The van der Waals surface area contributed by atoms with E-state index in [1.54, 1.807) is 11.6 Å². The van der Waals surface area contributed by atoms with Crippen molar-refractivity contribution in [3.8, 4) is 17.0 Å². The highest BCUT2D eigenvalue weighted by molar-refractivity contribution is 5.66. The van der Waals surface area contributed by atoms with Gasteiger partial charge in [-0.25, -0.2) is 0 Å². The van der Waals surface area contributed by atoms with Crippen molar-refractivity contribution in [3.63, 3.8) is 0 Å². The fourth-order valence-electron chi connectivity index (χ4n) is 2.54. The lowest BCUT2D eigenvalue weighted by Gasteiger charge is -2.08. The number of hydrogen-bond acceptors (Lipinski definition) is 6. The van der Waals surface area contributed by atoms with Crippen molar-refractivity contribution in [1.29, 1.82) is 0 Å². The van der Waals surface area contributed by atoms with Gasteiger partial charge in [0.15, 0.2) is 5.65 Å². The van der Waals surface area contributed by atoms with Crippen LogP contribution in [-0.2, 0) is 0 Å². The topological polar surface area (TPSA) is 90.4 Å². The molecule has 0 aliphatic rings. The number of ether oxygens (including phenoxy) is 1. The van der Waals surface area contributed by atoms with Gasteiger partial charge in [0.25, 0.3) is 0 Å². The Bertz CT molecular complexity index is 1010. The Kier molecular flexibility index (Phi) is 3.66. The summed E-state index contributed by atoms with van der Waals surface area (Å²) in [5.74, 6) is 1.46. The molecule has 2 aromatic heterocycles. The van der Waals surface area contributed by atoms with Crippen molar-refractivity contribution < 1.29 is 4.74 Å². The third-order valence-corrected chi connectivity index (χ3v) is 3.76. The summed E-state index contributed by atoms with van der Waals surface area (Å²) in [5.41, 5.74) is 9.13. The second-order valence-corrected chi connectivity index (χ2v) is 5.42. The second-order valence-electron chi connectivity index (χ2n) is 5.42. The average molecular weight is 332 g/mol. The molecule has 0 saturated carbocycles. The summed E-state index contributed by atoms with van der Waals surface area (Å²) < 4.78 is 6.81. The van der Waals surface area contributed by atoms with Crippen molar-refractivity contribution >= 4 is 23.2 Å². The number of benzene rings is 2. The van der Waals surface area contributed by atoms with Gasteiger partial charge in [0.05, 0.1) is 12.8 Å². The van der Waals surface area contributed by atoms with Gasteiger partial charge >= 0.3 is 0 Å². The van der Waals surface area contributed by atoms with Crippen LogP contribution in [0.3, 0.4) is 0 Å². The van der Waals surface area contributed by atoms with Gasteiger partial charge in [0.2, 0.25) is 11.9 Å². The predicted molar refractivity (Wildman–Crippen MR) is 96.9 cm³/mol. The normalized spacial score (nSPS) is 10.8. The maximum Gasteiger partial charge on any atom is 0.233 e. The van der Waals surface area contributed by atoms with E-state index in [-0.39, 0.29) is 5.95 Å². The molecule has 0 radical (unpaired) electrons. The van der Waals surface area contributed by atoms with Gasteiger partial charge in [-0.05, 0) is 24.3 Å². The van der Waals surface area contributed by atoms with Gasteiger partial charge in [-0.3, -0.25) is 0 Å². The number of fused-ring (bicyclic) bond motifs is 1. The van der Waals surface area contributed by atoms with Gasteiger partial charge in [-0.2, -0.15) is 19.6 Å². The molecular formula is C18H16N6O. The third kappa shape index (κ3) is 2.94. The first-order chi connectivity index (χ1) is 12.2. The molecule has 0 aliphatic carbocycles. The molecule has 2 heterocycles. The average Bonchev–Trinajstić information content (AvgIpc) is 3.07. The predicted octanol–water partition coefficient (Wildman–Crippen LogP) is 3.13. The largest absolute Gasteiger partial charge is 0.497 e. The molecule has 7 heteroatoms. The Hall–Kier alpha value is -3.61. The number of anilines is 3. The minimum absolute atomic E-state index is 0.183. The number of nitrogens with one attached hydrogen (secondary N) is 1. The Morgan fingerprint density at radius 1 is 1.00 bits per heavy atom. The lowest BCUT2D eigenvalue weighted by Crippen LogP contribution is -2.07. The number of hydrogen-bond donors (Lipinski definition) is 2. The van der Waals surface area contributed by atoms with Crippen LogP contribution >= 0.6 is 0 Å². The van der Waals surface area contributed by atoms with Crippen LogP contribution in [0.2, 0.25) is 0 Å². The molecule has 25 heavy (non-hydrogen) atoms. The fraction of sp³-hybridized carbons (Fsp3) is 0.0556. The molecule has 2 aromatic carbocycles. The van der Waals surface area contributed by atoms with Crippen molar-refractivity contribution in [2.75, 3.05) is 18.2 Å². The van der Waals surface area contributed by atoms with Crippen LogP contribution in [0.4, 0.5) is 17.6 Å². The number of nitrogens with zero attached hydrogens (tertiary/aromatic N) is 4. The highest BCUT2D eigenvalue weighted by Crippen LogP contribution is 2.23. The summed E-state index contributed by atoms with van der Waals surface area (Å²) in [4.78, 5) is 8.53. The van der Waals surface area contributed by atoms with E-state index in [1.165, 1.54) is 0 Å². The van der Waals surface area contributed by atoms with Crippen molar-refractivity contribution in [1.82, 2.24) is 19.6 Å². The standard InChI is InChI=1S/C18H16N6O/c1-25-14-9-7-13(8-10-14)20-18-22-17(19)21-16-11-15(23-24(16)18)12-5-3-2-4-6-12/h2-11H,1H3,(H3,19,20,21,22). The first-order valence-corrected chi connectivity index (χ1v) is 7.73. The zero-order valence-electron chi connectivity index (χ0n) is 13.5. The summed E-state index contributed by atoms with van der Waals surface area (Å²) in [7, 11) is 1.63. The molecule has 7 nitrogen and oxygen atoms in total. The van der Waals surface area contributed by atoms with Crippen molar-refractivity contribution in [2.45, 2.75) is 0 Å². The Morgan fingerprint density at radius 2 is 1.76 bits per heavy atom. The van der Waals surface area contributed by atoms with E-state index < -0.39 is 0 Å². The van der Waals surface area contributed by atoms with Crippen LogP contribution in [0.1, 0.15) is 0 Å². The van der Waals surface area contributed by atoms with Gasteiger partial charge < -0.3 is 15.8 Å². The third-order valence-electron chi connectivity index (χ3n) is 3.76. The van der Waals surface area contributed by atoms with E-state index in [1.807, 2.05) is 60.7 Å². The first kappa shape index (κ1) is 14.9. The van der Waals surface area contributed by atoms with Crippen molar-refractivity contribution in [3.05, 3.63) is 60.7 Å². The number of methoxy groups -OCH3 is 1. The summed E-state index contributed by atoms with van der Waals surface area (Å²) >= 11 is 0. The summed E-state index contributed by atoms with van der Waals surface area (Å²) in [6, 6.07) is 19.3. The van der Waals surface area contributed by atoms with Crippen LogP contribution < -0.4 is 15.8 Å². The van der Waals surface area contributed by atoms with E-state index >= 15 is 0 Å². The highest BCUT2D eigenvalue weighted by atomic mass is 16.5. The molecule has 0 fully saturated rings.